The average Bonchev–Trinajstić information content (AvgIpc) is 2.37. The molecule has 0 aromatic carbocycles. The van der Waals surface area contributed by atoms with Gasteiger partial charge in [-0.3, -0.25) is 14.1 Å². The minimum atomic E-state index is 0.00343. The summed E-state index contributed by atoms with van der Waals surface area (Å²) >= 11 is 0. The summed E-state index contributed by atoms with van der Waals surface area (Å²) in [5, 5.41) is 0. The lowest BCUT2D eigenvalue weighted by Crippen LogP contribution is -2.38. The Hall–Kier alpha value is -1.68. The van der Waals surface area contributed by atoms with E-state index in [2.05, 4.69) is 23.7 Å². The lowest BCUT2D eigenvalue weighted by Gasteiger charge is -2.34. The lowest BCUT2D eigenvalue weighted by molar-refractivity contribution is 0.133. The van der Waals surface area contributed by atoms with Gasteiger partial charge in [0.25, 0.3) is 5.56 Å². The summed E-state index contributed by atoms with van der Waals surface area (Å²) in [6, 6.07) is 7.31. The maximum Gasteiger partial charge on any atom is 0.258 e. The number of fused-ring (bicyclic) bond motifs is 1. The first-order chi connectivity index (χ1) is 9.61. The maximum absolute atomic E-state index is 12.1. The number of hydrogen-bond acceptors (Lipinski definition) is 3. The highest BCUT2D eigenvalue weighted by molar-refractivity contribution is 5.37. The second-order valence-corrected chi connectivity index (χ2v) is 6.15. The van der Waals surface area contributed by atoms with Crippen molar-refractivity contribution in [3.05, 3.63) is 46.5 Å². The van der Waals surface area contributed by atoms with E-state index in [9.17, 15) is 4.79 Å². The van der Waals surface area contributed by atoms with Crippen LogP contribution in [0.15, 0.2) is 35.3 Å². The number of aromatic nitrogens is 2. The van der Waals surface area contributed by atoms with Crippen molar-refractivity contribution >= 4 is 5.65 Å². The van der Waals surface area contributed by atoms with E-state index in [4.69, 9.17) is 0 Å². The summed E-state index contributed by atoms with van der Waals surface area (Å²) in [5.74, 6) is 1.45. The van der Waals surface area contributed by atoms with Gasteiger partial charge in [0.05, 0.1) is 5.69 Å². The maximum atomic E-state index is 12.1. The van der Waals surface area contributed by atoms with Gasteiger partial charge < -0.3 is 0 Å². The van der Waals surface area contributed by atoms with Gasteiger partial charge in [0, 0.05) is 31.9 Å². The molecule has 20 heavy (non-hydrogen) atoms. The molecule has 4 heteroatoms. The molecule has 0 N–H and O–H groups in total. The highest BCUT2D eigenvalue weighted by Crippen LogP contribution is 2.21. The van der Waals surface area contributed by atoms with E-state index in [1.165, 1.54) is 6.42 Å². The molecule has 1 saturated heterocycles. The monoisotopic (exact) mass is 271 g/mol. The fourth-order valence-electron chi connectivity index (χ4n) is 3.33. The number of rotatable bonds is 2. The first-order valence-corrected chi connectivity index (χ1v) is 7.31. The molecule has 0 aliphatic carbocycles. The van der Waals surface area contributed by atoms with Crippen LogP contribution in [0.5, 0.6) is 0 Å². The molecular weight excluding hydrogens is 250 g/mol. The Morgan fingerprint density at radius 2 is 2.00 bits per heavy atom. The second kappa shape index (κ2) is 5.37. The number of piperidine rings is 1. The van der Waals surface area contributed by atoms with Crippen LogP contribution in [0.1, 0.15) is 26.0 Å². The van der Waals surface area contributed by atoms with Crippen molar-refractivity contribution in [1.29, 1.82) is 0 Å². The highest BCUT2D eigenvalue weighted by atomic mass is 16.1. The molecule has 3 rings (SSSR count). The van der Waals surface area contributed by atoms with E-state index in [1.54, 1.807) is 16.7 Å². The number of pyridine rings is 1. The molecule has 1 fully saturated rings. The van der Waals surface area contributed by atoms with Crippen molar-refractivity contribution < 1.29 is 0 Å². The molecule has 2 atom stereocenters. The van der Waals surface area contributed by atoms with Crippen LogP contribution in [0.3, 0.4) is 0 Å². The summed E-state index contributed by atoms with van der Waals surface area (Å²) < 4.78 is 1.59. The summed E-state index contributed by atoms with van der Waals surface area (Å²) in [6.07, 6.45) is 3.06. The number of nitrogens with zero attached hydrogens (tertiary/aromatic N) is 3. The Balaban J connectivity index is 1.86. The molecule has 0 bridgehead atoms. The van der Waals surface area contributed by atoms with E-state index < -0.39 is 0 Å². The van der Waals surface area contributed by atoms with E-state index in [1.807, 2.05) is 18.2 Å². The van der Waals surface area contributed by atoms with Crippen LogP contribution < -0.4 is 5.56 Å². The summed E-state index contributed by atoms with van der Waals surface area (Å²) in [4.78, 5) is 19.1. The Labute approximate surface area is 119 Å². The zero-order valence-corrected chi connectivity index (χ0v) is 12.1. The Bertz CT molecular complexity index is 654. The SMILES string of the molecule is CC1CC(C)CN(Cc2cc(=O)n3ccccc3n2)C1. The molecule has 2 unspecified atom stereocenters. The third-order valence-electron chi connectivity index (χ3n) is 3.95. The zero-order chi connectivity index (χ0) is 14.1. The van der Waals surface area contributed by atoms with Gasteiger partial charge in [-0.15, -0.1) is 0 Å². The first kappa shape index (κ1) is 13.3. The molecule has 0 amide bonds. The van der Waals surface area contributed by atoms with Gasteiger partial charge >= 0.3 is 0 Å². The predicted octanol–water partition coefficient (Wildman–Crippen LogP) is 2.17. The molecule has 2 aromatic heterocycles. The van der Waals surface area contributed by atoms with E-state index in [-0.39, 0.29) is 5.56 Å². The predicted molar refractivity (Wildman–Crippen MR) is 79.7 cm³/mol. The molecule has 4 nitrogen and oxygen atoms in total. The molecule has 0 spiro atoms. The highest BCUT2D eigenvalue weighted by Gasteiger charge is 2.22. The van der Waals surface area contributed by atoms with Crippen LogP contribution in [0.4, 0.5) is 0 Å². The van der Waals surface area contributed by atoms with Gasteiger partial charge in [-0.2, -0.15) is 0 Å². The van der Waals surface area contributed by atoms with Crippen LogP contribution in [0.2, 0.25) is 0 Å². The van der Waals surface area contributed by atoms with Gasteiger partial charge in [-0.1, -0.05) is 19.9 Å². The first-order valence-electron chi connectivity index (χ1n) is 7.31. The van der Waals surface area contributed by atoms with E-state index >= 15 is 0 Å². The van der Waals surface area contributed by atoms with Gasteiger partial charge in [0.15, 0.2) is 0 Å². The topological polar surface area (TPSA) is 37.6 Å². The summed E-state index contributed by atoms with van der Waals surface area (Å²) in [7, 11) is 0. The smallest absolute Gasteiger partial charge is 0.258 e. The van der Waals surface area contributed by atoms with Gasteiger partial charge in [0.2, 0.25) is 0 Å². The zero-order valence-electron chi connectivity index (χ0n) is 12.1. The molecular formula is C16H21N3O. The largest absolute Gasteiger partial charge is 0.297 e. The quantitative estimate of drug-likeness (QED) is 0.840. The fraction of sp³-hybridized carbons (Fsp3) is 0.500. The van der Waals surface area contributed by atoms with Crippen molar-refractivity contribution in [3.63, 3.8) is 0 Å². The number of hydrogen-bond donors (Lipinski definition) is 0. The Kier molecular flexibility index (Phi) is 3.57. The second-order valence-electron chi connectivity index (χ2n) is 6.15. The Morgan fingerprint density at radius 3 is 2.75 bits per heavy atom. The van der Waals surface area contributed by atoms with E-state index in [0.29, 0.717) is 0 Å². The standard InChI is InChI=1S/C16H21N3O/c1-12-7-13(2)10-18(9-12)11-14-8-16(20)19-6-4-3-5-15(19)17-14/h3-6,8,12-13H,7,9-11H2,1-2H3. The van der Waals surface area contributed by atoms with Crippen molar-refractivity contribution in [2.24, 2.45) is 11.8 Å². The lowest BCUT2D eigenvalue weighted by atomic mass is 9.92. The third kappa shape index (κ3) is 2.75. The van der Waals surface area contributed by atoms with Crippen LogP contribution in [0, 0.1) is 11.8 Å². The van der Waals surface area contributed by atoms with Crippen molar-refractivity contribution in [3.8, 4) is 0 Å². The molecule has 1 aliphatic rings. The Morgan fingerprint density at radius 1 is 1.25 bits per heavy atom. The van der Waals surface area contributed by atoms with Gasteiger partial charge in [0.1, 0.15) is 5.65 Å². The average molecular weight is 271 g/mol. The molecule has 1 aliphatic heterocycles. The minimum absolute atomic E-state index is 0.00343. The molecule has 0 radical (unpaired) electrons. The van der Waals surface area contributed by atoms with Crippen molar-refractivity contribution in [2.45, 2.75) is 26.8 Å². The van der Waals surface area contributed by atoms with Crippen LogP contribution in [-0.4, -0.2) is 27.4 Å². The molecule has 0 saturated carbocycles. The molecule has 3 heterocycles. The third-order valence-corrected chi connectivity index (χ3v) is 3.95. The van der Waals surface area contributed by atoms with Gasteiger partial charge in [-0.05, 0) is 30.4 Å². The van der Waals surface area contributed by atoms with Gasteiger partial charge in [-0.25, -0.2) is 4.98 Å². The molecule has 2 aromatic rings. The van der Waals surface area contributed by atoms with Crippen molar-refractivity contribution in [2.75, 3.05) is 13.1 Å². The summed E-state index contributed by atoms with van der Waals surface area (Å²) in [6.45, 7) is 7.56. The molecule has 106 valence electrons. The van der Waals surface area contributed by atoms with Crippen molar-refractivity contribution in [1.82, 2.24) is 14.3 Å². The normalized spacial score (nSPS) is 24.1. The van der Waals surface area contributed by atoms with E-state index in [0.717, 1.165) is 42.8 Å². The summed E-state index contributed by atoms with van der Waals surface area (Å²) in [5.41, 5.74) is 1.61. The fourth-order valence-corrected chi connectivity index (χ4v) is 3.33. The number of likely N-dealkylation sites (tertiary alicyclic amines) is 1. The van der Waals surface area contributed by atoms with Crippen LogP contribution in [-0.2, 0) is 6.54 Å². The minimum Gasteiger partial charge on any atom is -0.297 e. The van der Waals surface area contributed by atoms with Crippen LogP contribution in [0.25, 0.3) is 5.65 Å². The van der Waals surface area contributed by atoms with Crippen LogP contribution >= 0.6 is 0 Å².